The maximum absolute atomic E-state index is 10.3. The van der Waals surface area contributed by atoms with Gasteiger partial charge in [0.1, 0.15) is 0 Å². The van der Waals surface area contributed by atoms with Gasteiger partial charge in [0.05, 0.1) is 7.11 Å². The molecule has 0 bridgehead atoms. The maximum atomic E-state index is 10.3. The molecule has 0 unspecified atom stereocenters. The number of aliphatic carboxylic acids is 1. The third-order valence-electron chi connectivity index (χ3n) is 0.681. The number of ether oxygens (including phenoxy) is 1. The van der Waals surface area contributed by atoms with Gasteiger partial charge in [0.2, 0.25) is 0 Å². The summed E-state index contributed by atoms with van der Waals surface area (Å²) in [5.74, 6) is -2.82. The van der Waals surface area contributed by atoms with Crippen LogP contribution in [0.2, 0.25) is 0 Å². The Hall–Kier alpha value is -1.68. The SMILES string of the molecule is COC(=O)C(=[N+]=[N-])C(=O)O. The van der Waals surface area contributed by atoms with Crippen LogP contribution >= 0.6 is 0 Å². The van der Waals surface area contributed by atoms with E-state index in [0.717, 1.165) is 7.11 Å². The first-order valence-corrected chi connectivity index (χ1v) is 2.17. The van der Waals surface area contributed by atoms with Crippen molar-refractivity contribution in [1.82, 2.24) is 0 Å². The first kappa shape index (κ1) is 8.32. The van der Waals surface area contributed by atoms with Crippen molar-refractivity contribution in [3.8, 4) is 0 Å². The Morgan fingerprint density at radius 2 is 2.10 bits per heavy atom. The molecule has 0 amide bonds. The number of carbonyl (C=O) groups excluding carboxylic acids is 1. The number of hydrogen-bond donors (Lipinski definition) is 1. The highest BCUT2D eigenvalue weighted by Crippen LogP contribution is 1.77. The molecule has 1 N–H and O–H groups in total. The minimum atomic E-state index is -1.63. The van der Waals surface area contributed by atoms with Gasteiger partial charge in [-0.25, -0.2) is 9.59 Å². The van der Waals surface area contributed by atoms with Gasteiger partial charge in [-0.2, -0.15) is 4.79 Å². The van der Waals surface area contributed by atoms with Crippen molar-refractivity contribution >= 4 is 17.7 Å². The van der Waals surface area contributed by atoms with Crippen LogP contribution in [0.3, 0.4) is 0 Å². The Labute approximate surface area is 55.6 Å². The van der Waals surface area contributed by atoms with Crippen LogP contribution in [0.15, 0.2) is 0 Å². The van der Waals surface area contributed by atoms with Crippen molar-refractivity contribution in [2.45, 2.75) is 0 Å². The molecule has 0 saturated carbocycles. The highest BCUT2D eigenvalue weighted by Gasteiger charge is 2.29. The second-order valence-corrected chi connectivity index (χ2v) is 1.25. The van der Waals surface area contributed by atoms with Crippen molar-refractivity contribution in [1.29, 1.82) is 0 Å². The van der Waals surface area contributed by atoms with Crippen molar-refractivity contribution in [2.24, 2.45) is 0 Å². The van der Waals surface area contributed by atoms with E-state index in [1.165, 1.54) is 0 Å². The molecule has 0 radical (unpaired) electrons. The fourth-order valence-corrected chi connectivity index (χ4v) is 0.268. The maximum Gasteiger partial charge on any atom is 0.482 e. The van der Waals surface area contributed by atoms with Gasteiger partial charge in [0.25, 0.3) is 0 Å². The smallest absolute Gasteiger partial charge is 0.472 e. The van der Waals surface area contributed by atoms with E-state index in [0.29, 0.717) is 0 Å². The second-order valence-electron chi connectivity index (χ2n) is 1.25. The number of carboxylic acid groups (broad SMARTS) is 1. The van der Waals surface area contributed by atoms with Crippen LogP contribution in [0, 0.1) is 0 Å². The average molecular weight is 144 g/mol. The topological polar surface area (TPSA) is 100 Å². The Balaban J connectivity index is 4.56. The van der Waals surface area contributed by atoms with Crippen LogP contribution in [0.1, 0.15) is 0 Å². The van der Waals surface area contributed by atoms with E-state index in [-0.39, 0.29) is 0 Å². The molecule has 10 heavy (non-hydrogen) atoms. The van der Waals surface area contributed by atoms with E-state index < -0.39 is 17.7 Å². The summed E-state index contributed by atoms with van der Waals surface area (Å²) in [7, 11) is 0.983. The van der Waals surface area contributed by atoms with E-state index >= 15 is 0 Å². The second kappa shape index (κ2) is 3.37. The highest BCUT2D eigenvalue weighted by atomic mass is 16.5. The lowest BCUT2D eigenvalue weighted by atomic mass is 10.4. The first-order valence-electron chi connectivity index (χ1n) is 2.17. The zero-order chi connectivity index (χ0) is 8.15. The summed E-state index contributed by atoms with van der Waals surface area (Å²) in [6, 6.07) is 0. The van der Waals surface area contributed by atoms with Crippen LogP contribution in [-0.2, 0) is 14.3 Å². The average Bonchev–Trinajstić information content (AvgIpc) is 1.88. The summed E-state index contributed by atoms with van der Waals surface area (Å²) in [6.07, 6.45) is 0. The van der Waals surface area contributed by atoms with Gasteiger partial charge in [0.15, 0.2) is 0 Å². The van der Waals surface area contributed by atoms with Gasteiger partial charge < -0.3 is 15.4 Å². The molecule has 0 aliphatic rings. The fraction of sp³-hybridized carbons (Fsp3) is 0.250. The van der Waals surface area contributed by atoms with Crippen LogP contribution < -0.4 is 0 Å². The minimum Gasteiger partial charge on any atom is -0.472 e. The van der Waals surface area contributed by atoms with E-state index in [1.807, 2.05) is 0 Å². The summed E-state index contributed by atoms with van der Waals surface area (Å²) in [6.45, 7) is 0. The van der Waals surface area contributed by atoms with Gasteiger partial charge in [-0.15, -0.1) is 0 Å². The zero-order valence-corrected chi connectivity index (χ0v) is 5.07. The van der Waals surface area contributed by atoms with Gasteiger partial charge >= 0.3 is 17.7 Å². The third-order valence-corrected chi connectivity index (χ3v) is 0.681. The number of carboxylic acids is 1. The third kappa shape index (κ3) is 1.68. The van der Waals surface area contributed by atoms with Crippen molar-refractivity contribution in [2.75, 3.05) is 7.11 Å². The number of rotatable bonds is 2. The Kier molecular flexibility index (Phi) is 2.80. The van der Waals surface area contributed by atoms with E-state index in [4.69, 9.17) is 10.6 Å². The largest absolute Gasteiger partial charge is 0.482 e. The zero-order valence-electron chi connectivity index (χ0n) is 5.07. The molecule has 0 aromatic heterocycles. The predicted molar refractivity (Wildman–Crippen MR) is 28.3 cm³/mol. The molecule has 0 aliphatic carbocycles. The molecular formula is C4H4N2O4. The molecule has 0 heterocycles. The molecular weight excluding hydrogens is 140 g/mol. The Bertz CT molecular complexity index is 215. The molecule has 6 nitrogen and oxygen atoms in total. The summed E-state index contributed by atoms with van der Waals surface area (Å²) in [4.78, 5) is 22.4. The lowest BCUT2D eigenvalue weighted by Crippen LogP contribution is -2.25. The number of carbonyl (C=O) groups is 2. The summed E-state index contributed by atoms with van der Waals surface area (Å²) in [5, 5.41) is 8.08. The normalized spacial score (nSPS) is 7.70. The molecule has 0 spiro atoms. The van der Waals surface area contributed by atoms with Crippen LogP contribution in [-0.4, -0.2) is 34.7 Å². The van der Waals surface area contributed by atoms with Gasteiger partial charge in [-0.1, -0.05) is 0 Å². The number of esters is 1. The minimum absolute atomic E-state index is 0.983. The Morgan fingerprint density at radius 1 is 1.60 bits per heavy atom. The van der Waals surface area contributed by atoms with E-state index in [1.54, 1.807) is 0 Å². The van der Waals surface area contributed by atoms with E-state index in [2.05, 4.69) is 9.53 Å². The number of hydrogen-bond acceptors (Lipinski definition) is 3. The van der Waals surface area contributed by atoms with E-state index in [9.17, 15) is 9.59 Å². The van der Waals surface area contributed by atoms with Gasteiger partial charge in [-0.3, -0.25) is 0 Å². The number of methoxy groups -OCH3 is 1. The molecule has 0 atom stereocenters. The van der Waals surface area contributed by atoms with Gasteiger partial charge in [0, 0.05) is 0 Å². The summed E-state index contributed by atoms with van der Waals surface area (Å²) in [5.41, 5.74) is 6.86. The highest BCUT2D eigenvalue weighted by molar-refractivity contribution is 6.60. The monoisotopic (exact) mass is 144 g/mol. The molecule has 0 aromatic carbocycles. The van der Waals surface area contributed by atoms with Crippen LogP contribution in [0.5, 0.6) is 0 Å². The lowest BCUT2D eigenvalue weighted by Gasteiger charge is -1.86. The molecule has 6 heteroatoms. The van der Waals surface area contributed by atoms with Crippen LogP contribution in [0.25, 0.3) is 5.53 Å². The van der Waals surface area contributed by atoms with Gasteiger partial charge in [-0.05, 0) is 0 Å². The lowest BCUT2D eigenvalue weighted by molar-refractivity contribution is -0.144. The van der Waals surface area contributed by atoms with Crippen LogP contribution in [0.4, 0.5) is 0 Å². The van der Waals surface area contributed by atoms with Crippen molar-refractivity contribution < 1.29 is 24.2 Å². The molecule has 0 aromatic rings. The Morgan fingerprint density at radius 3 is 2.20 bits per heavy atom. The molecule has 0 fully saturated rings. The molecule has 0 aliphatic heterocycles. The molecule has 54 valence electrons. The number of nitrogens with zero attached hydrogens (tertiary/aromatic N) is 2. The summed E-state index contributed by atoms with van der Waals surface area (Å²) >= 11 is 0. The summed E-state index contributed by atoms with van der Waals surface area (Å²) < 4.78 is 3.95. The molecule has 0 rings (SSSR count). The quantitative estimate of drug-likeness (QED) is 0.175. The first-order chi connectivity index (χ1) is 4.63. The van der Waals surface area contributed by atoms with Crippen molar-refractivity contribution in [3.05, 3.63) is 5.53 Å². The molecule has 0 saturated heterocycles. The standard InChI is InChI=1S/C4H4N2O4/c1-10-4(9)2(6-5)3(7)8/h1H3,(H,7,8). The fourth-order valence-electron chi connectivity index (χ4n) is 0.268. The predicted octanol–water partition coefficient (Wildman–Crippen LogP) is -1.09. The van der Waals surface area contributed by atoms with Crippen molar-refractivity contribution in [3.63, 3.8) is 0 Å².